The van der Waals surface area contributed by atoms with Crippen LogP contribution in [0.3, 0.4) is 0 Å². The highest BCUT2D eigenvalue weighted by molar-refractivity contribution is 5.96. The number of fused-ring (bicyclic) bond motifs is 4. The smallest absolute Gasteiger partial charge is 0.246 e. The molecular weight excluding hydrogens is 1060 g/mol. The SMILES string of the molecule is C=CC(=O)N1CCN(c2nc(NC3CCN(C4CC4)CC3)nc3c2CCN(c2cc(C)cc4ccccc24)C3)CC1.C=CC(=O)N1CCN(c2nc(NC3CCN(C4CC4)CC3)nc3c2CCN(c2cc(O)cc4ccccc24)C3)CC1.Cl. The summed E-state index contributed by atoms with van der Waals surface area (Å²) in [6.07, 6.45) is 14.5. The van der Waals surface area contributed by atoms with E-state index in [4.69, 9.17) is 19.9 Å². The number of hydrogen-bond donors (Lipinski definition) is 3. The quantitative estimate of drug-likeness (QED) is 0.100. The van der Waals surface area contributed by atoms with Gasteiger partial charge in [0.25, 0.3) is 0 Å². The van der Waals surface area contributed by atoms with Crippen LogP contribution in [0.2, 0.25) is 0 Å². The summed E-state index contributed by atoms with van der Waals surface area (Å²) in [6, 6.07) is 27.6. The van der Waals surface area contributed by atoms with Crippen molar-refractivity contribution in [3.05, 3.63) is 126 Å². The molecule has 0 spiro atoms. The van der Waals surface area contributed by atoms with Gasteiger partial charge in [0.05, 0.1) is 24.5 Å². The largest absolute Gasteiger partial charge is 0.508 e. The molecule has 2 aliphatic carbocycles. The highest BCUT2D eigenvalue weighted by Crippen LogP contribution is 2.39. The van der Waals surface area contributed by atoms with Gasteiger partial charge in [-0.1, -0.05) is 67.8 Å². The molecule has 6 aromatic rings. The summed E-state index contributed by atoms with van der Waals surface area (Å²) in [4.78, 5) is 63.6. The molecule has 8 aliphatic rings. The maximum Gasteiger partial charge on any atom is 0.246 e. The first-order valence-electron chi connectivity index (χ1n) is 30.5. The van der Waals surface area contributed by atoms with Gasteiger partial charge in [0.2, 0.25) is 23.7 Å². The van der Waals surface area contributed by atoms with Crippen LogP contribution in [0.5, 0.6) is 5.75 Å². The number of amides is 2. The molecule has 83 heavy (non-hydrogen) atoms. The number of nitrogens with one attached hydrogen (secondary N) is 2. The number of nitrogens with zero attached hydrogens (tertiary/aromatic N) is 12. The molecule has 0 radical (unpaired) electrons. The number of piperazine rings is 2. The third-order valence-electron chi connectivity index (χ3n) is 18.6. The minimum atomic E-state index is -0.0109. The van der Waals surface area contributed by atoms with E-state index in [0.29, 0.717) is 50.8 Å². The van der Waals surface area contributed by atoms with Crippen molar-refractivity contribution < 1.29 is 14.7 Å². The van der Waals surface area contributed by atoms with Gasteiger partial charge in [0, 0.05) is 155 Å². The lowest BCUT2D eigenvalue weighted by Crippen LogP contribution is -2.49. The van der Waals surface area contributed by atoms with Gasteiger partial charge in [0.1, 0.15) is 17.4 Å². The van der Waals surface area contributed by atoms with Crippen LogP contribution in [-0.2, 0) is 35.5 Å². The van der Waals surface area contributed by atoms with E-state index < -0.39 is 0 Å². The molecule has 8 heterocycles. The summed E-state index contributed by atoms with van der Waals surface area (Å²) in [7, 11) is 0. The van der Waals surface area contributed by atoms with Crippen molar-refractivity contribution in [2.45, 2.75) is 108 Å². The van der Waals surface area contributed by atoms with Crippen molar-refractivity contribution >= 4 is 80.7 Å². The summed E-state index contributed by atoms with van der Waals surface area (Å²) in [6.45, 7) is 23.0. The first-order valence-corrected chi connectivity index (χ1v) is 30.5. The molecule has 4 saturated heterocycles. The number of carbonyl (C=O) groups is 2. The number of halogens is 1. The second kappa shape index (κ2) is 24.6. The molecule has 0 unspecified atom stereocenters. The molecule has 2 amide bonds. The Labute approximate surface area is 494 Å². The lowest BCUT2D eigenvalue weighted by atomic mass is 10.0. The second-order valence-corrected chi connectivity index (χ2v) is 24.0. The molecule has 0 bridgehead atoms. The number of benzene rings is 4. The molecule has 3 N–H and O–H groups in total. The number of phenols is 1. The number of anilines is 6. The molecule has 0 atom stereocenters. The number of carbonyl (C=O) groups excluding carboxylic acids is 2. The molecule has 2 saturated carbocycles. The first kappa shape index (κ1) is 56.3. The molecule has 2 aromatic heterocycles. The Hall–Kier alpha value is -7.21. The summed E-state index contributed by atoms with van der Waals surface area (Å²) in [5.74, 6) is 3.78. The molecule has 6 fully saturated rings. The Bertz CT molecular complexity index is 3140. The van der Waals surface area contributed by atoms with E-state index >= 15 is 0 Å². The van der Waals surface area contributed by atoms with Gasteiger partial charge in [-0.2, -0.15) is 9.97 Å². The number of aryl methyl sites for hydroxylation is 1. The summed E-state index contributed by atoms with van der Waals surface area (Å²) in [5.41, 5.74) is 8.21. The Kier molecular flexibility index (Phi) is 16.6. The Morgan fingerprint density at radius 1 is 0.518 bits per heavy atom. The lowest BCUT2D eigenvalue weighted by Gasteiger charge is -2.38. The van der Waals surface area contributed by atoms with E-state index in [1.807, 2.05) is 40.1 Å². The Morgan fingerprint density at radius 2 is 0.940 bits per heavy atom. The minimum absolute atomic E-state index is 0. The highest BCUT2D eigenvalue weighted by atomic mass is 35.5. The second-order valence-electron chi connectivity index (χ2n) is 24.0. The number of piperidine rings is 2. The van der Waals surface area contributed by atoms with Gasteiger partial charge in [-0.15, -0.1) is 12.4 Å². The molecule has 436 valence electrons. The zero-order valence-corrected chi connectivity index (χ0v) is 49.0. The van der Waals surface area contributed by atoms with Crippen LogP contribution in [0, 0.1) is 6.92 Å². The Balaban J connectivity index is 0.000000162. The van der Waals surface area contributed by atoms with E-state index in [0.717, 1.165) is 168 Å². The topological polar surface area (TPSA) is 156 Å². The third kappa shape index (κ3) is 12.4. The lowest BCUT2D eigenvalue weighted by molar-refractivity contribution is -0.127. The molecule has 6 aliphatic heterocycles. The zero-order valence-electron chi connectivity index (χ0n) is 48.2. The van der Waals surface area contributed by atoms with Crippen LogP contribution in [0.25, 0.3) is 21.5 Å². The van der Waals surface area contributed by atoms with E-state index in [1.165, 1.54) is 71.0 Å². The van der Waals surface area contributed by atoms with E-state index in [-0.39, 0.29) is 30.0 Å². The predicted octanol–water partition coefficient (Wildman–Crippen LogP) is 8.57. The van der Waals surface area contributed by atoms with Crippen molar-refractivity contribution in [1.82, 2.24) is 39.5 Å². The minimum Gasteiger partial charge on any atom is -0.508 e. The molecule has 18 heteroatoms. The highest BCUT2D eigenvalue weighted by Gasteiger charge is 2.36. The summed E-state index contributed by atoms with van der Waals surface area (Å²) >= 11 is 0. The third-order valence-corrected chi connectivity index (χ3v) is 18.6. The van der Waals surface area contributed by atoms with Crippen LogP contribution in [0.1, 0.15) is 79.4 Å². The summed E-state index contributed by atoms with van der Waals surface area (Å²) < 4.78 is 0. The maximum atomic E-state index is 12.2. The van der Waals surface area contributed by atoms with Crippen LogP contribution < -0.4 is 30.2 Å². The van der Waals surface area contributed by atoms with Crippen molar-refractivity contribution in [1.29, 1.82) is 0 Å². The molecule has 4 aromatic carbocycles. The fourth-order valence-electron chi connectivity index (χ4n) is 13.7. The van der Waals surface area contributed by atoms with Gasteiger partial charge >= 0.3 is 0 Å². The molecule has 14 rings (SSSR count). The number of phenolic OH excluding ortho intramolecular Hbond substituents is 1. The molecule has 17 nitrogen and oxygen atoms in total. The fourth-order valence-corrected chi connectivity index (χ4v) is 13.7. The van der Waals surface area contributed by atoms with Gasteiger partial charge < -0.3 is 54.9 Å². The average Bonchev–Trinajstić information content (AvgIpc) is 4.14. The van der Waals surface area contributed by atoms with Crippen molar-refractivity contribution in [3.63, 3.8) is 0 Å². The van der Waals surface area contributed by atoms with E-state index in [2.05, 4.69) is 103 Å². The fraction of sp³-hybridized carbons (Fsp3) is 0.477. The van der Waals surface area contributed by atoms with Crippen LogP contribution in [0.15, 0.2) is 98.1 Å². The number of aromatic hydroxyl groups is 1. The number of hydrogen-bond acceptors (Lipinski definition) is 15. The van der Waals surface area contributed by atoms with Crippen molar-refractivity contribution in [3.8, 4) is 5.75 Å². The Morgan fingerprint density at radius 3 is 1.37 bits per heavy atom. The van der Waals surface area contributed by atoms with Gasteiger partial charge in [-0.25, -0.2) is 9.97 Å². The zero-order chi connectivity index (χ0) is 55.8. The standard InChI is InChI=1S/C33H41N7O.C32H39N7O2.ClH/c1-3-31(41)38-16-18-39(19-17-38)32-28-12-15-40(30-21-23(2)20-24-6-4-5-7-27(24)30)22-29(28)35-33(36-32)34-25-10-13-37(14-11-25)26-8-9-26;1-2-30(41)37-15-17-38(18-16-37)31-27-11-14-39(29-20-25(40)19-22-5-3-4-6-26(22)29)21-28(27)34-32(35-31)33-23-9-12-36(13-10-23)24-7-8-24;/h3-7,20-21,25-26H,1,8-19,22H2,2H3,(H,34,35,36);2-6,19-20,23-24,40H,1,7-18,21H2,(H,33,34,35);1H. The average molecular weight is 1140 g/mol. The van der Waals surface area contributed by atoms with Gasteiger partial charge in [-0.05, 0) is 112 Å². The number of likely N-dealkylation sites (tertiary alicyclic amines) is 2. The van der Waals surface area contributed by atoms with Gasteiger partial charge in [-0.3, -0.25) is 9.59 Å². The van der Waals surface area contributed by atoms with Gasteiger partial charge in [0.15, 0.2) is 0 Å². The van der Waals surface area contributed by atoms with Crippen LogP contribution in [0.4, 0.5) is 34.9 Å². The number of rotatable bonds is 12. The van der Waals surface area contributed by atoms with E-state index in [9.17, 15) is 14.7 Å². The monoisotopic (exact) mass is 1140 g/mol. The van der Waals surface area contributed by atoms with Crippen molar-refractivity contribution in [2.75, 3.05) is 122 Å². The van der Waals surface area contributed by atoms with Crippen LogP contribution in [-0.4, -0.2) is 172 Å². The van der Waals surface area contributed by atoms with E-state index in [1.54, 1.807) is 0 Å². The number of aromatic nitrogens is 4. The maximum absolute atomic E-state index is 12.2. The normalized spacial score (nSPS) is 20.0. The van der Waals surface area contributed by atoms with Crippen molar-refractivity contribution in [2.24, 2.45) is 0 Å². The first-order chi connectivity index (χ1) is 40.1. The van der Waals surface area contributed by atoms with Crippen LogP contribution >= 0.6 is 12.4 Å². The predicted molar refractivity (Wildman–Crippen MR) is 336 cm³/mol. The summed E-state index contributed by atoms with van der Waals surface area (Å²) in [5, 5.41) is 22.7. The molecular formula is C65H81ClN14O3.